The van der Waals surface area contributed by atoms with Gasteiger partial charge in [0.2, 0.25) is 5.91 Å². The highest BCUT2D eigenvalue weighted by Gasteiger charge is 2.13. The van der Waals surface area contributed by atoms with E-state index in [0.717, 1.165) is 15.2 Å². The molecule has 1 aromatic carbocycles. The normalized spacial score (nSPS) is 15.0. The Hall–Kier alpha value is -0.810. The van der Waals surface area contributed by atoms with E-state index in [1.807, 2.05) is 24.3 Å². The molecular formula is C10H9BrN2OS. The number of hydrogen-bond donors (Lipinski definition) is 1. The Balaban J connectivity index is 1.94. The maximum Gasteiger partial charge on any atom is 0.247 e. The first-order valence-corrected chi connectivity index (χ1v) is 6.24. The topological polar surface area (TPSA) is 41.5 Å². The van der Waals surface area contributed by atoms with E-state index < -0.39 is 0 Å². The highest BCUT2D eigenvalue weighted by atomic mass is 79.9. The fraction of sp³-hybridized carbons (Fsp3) is 0.200. The van der Waals surface area contributed by atoms with Gasteiger partial charge in [-0.25, -0.2) is 0 Å². The SMILES string of the molecule is O=C1CN=C(CSc2ccccc2Br)N1. The standard InChI is InChI=1S/C10H9BrN2OS/c11-7-3-1-2-4-8(7)15-6-9-12-5-10(14)13-9/h1-4H,5-6H2,(H,12,13,14). The molecule has 0 fully saturated rings. The summed E-state index contributed by atoms with van der Waals surface area (Å²) < 4.78 is 1.07. The predicted octanol–water partition coefficient (Wildman–Crippen LogP) is 2.07. The molecule has 1 aliphatic heterocycles. The summed E-state index contributed by atoms with van der Waals surface area (Å²) >= 11 is 5.12. The van der Waals surface area contributed by atoms with Gasteiger partial charge in [0.1, 0.15) is 12.4 Å². The predicted molar refractivity (Wildman–Crippen MR) is 65.3 cm³/mol. The van der Waals surface area contributed by atoms with Crippen molar-refractivity contribution >= 4 is 39.4 Å². The zero-order valence-electron chi connectivity index (χ0n) is 7.87. The molecule has 5 heteroatoms. The fourth-order valence-electron chi connectivity index (χ4n) is 1.20. The quantitative estimate of drug-likeness (QED) is 0.864. The van der Waals surface area contributed by atoms with E-state index in [9.17, 15) is 4.79 Å². The molecule has 0 saturated heterocycles. The van der Waals surface area contributed by atoms with E-state index in [4.69, 9.17) is 0 Å². The second-order valence-electron chi connectivity index (χ2n) is 3.03. The van der Waals surface area contributed by atoms with Crippen LogP contribution in [0.5, 0.6) is 0 Å². The Morgan fingerprint density at radius 1 is 1.47 bits per heavy atom. The van der Waals surface area contributed by atoms with Crippen LogP contribution in [0, 0.1) is 0 Å². The van der Waals surface area contributed by atoms with Crippen molar-refractivity contribution in [1.29, 1.82) is 0 Å². The molecule has 78 valence electrons. The van der Waals surface area contributed by atoms with Crippen LogP contribution in [0.4, 0.5) is 0 Å². The number of hydrogen-bond acceptors (Lipinski definition) is 3. The van der Waals surface area contributed by atoms with Gasteiger partial charge in [0.15, 0.2) is 0 Å². The number of carbonyl (C=O) groups excluding carboxylic acids is 1. The summed E-state index contributed by atoms with van der Waals surface area (Å²) in [6.45, 7) is 0.270. The second kappa shape index (κ2) is 4.81. The summed E-state index contributed by atoms with van der Waals surface area (Å²) in [6.07, 6.45) is 0. The van der Waals surface area contributed by atoms with Crippen LogP contribution in [0.1, 0.15) is 0 Å². The molecule has 1 heterocycles. The van der Waals surface area contributed by atoms with E-state index >= 15 is 0 Å². The van der Waals surface area contributed by atoms with Gasteiger partial charge in [-0.2, -0.15) is 0 Å². The van der Waals surface area contributed by atoms with Crippen LogP contribution in [0.3, 0.4) is 0 Å². The first-order chi connectivity index (χ1) is 7.25. The Morgan fingerprint density at radius 2 is 2.27 bits per heavy atom. The van der Waals surface area contributed by atoms with Crippen molar-refractivity contribution in [3.8, 4) is 0 Å². The van der Waals surface area contributed by atoms with Crippen molar-refractivity contribution in [2.75, 3.05) is 12.3 Å². The zero-order chi connectivity index (χ0) is 10.7. The number of aliphatic imine (C=N–C) groups is 1. The lowest BCUT2D eigenvalue weighted by Gasteiger charge is -2.03. The smallest absolute Gasteiger partial charge is 0.247 e. The van der Waals surface area contributed by atoms with Gasteiger partial charge in [0.25, 0.3) is 0 Å². The number of nitrogens with one attached hydrogen (secondary N) is 1. The first-order valence-electron chi connectivity index (χ1n) is 4.46. The largest absolute Gasteiger partial charge is 0.312 e. The Labute approximate surface area is 100 Å². The minimum atomic E-state index is -0.0160. The number of rotatable bonds is 3. The molecule has 0 radical (unpaired) electrons. The van der Waals surface area contributed by atoms with Gasteiger partial charge >= 0.3 is 0 Å². The fourth-order valence-corrected chi connectivity index (χ4v) is 2.66. The monoisotopic (exact) mass is 284 g/mol. The first kappa shape index (κ1) is 10.7. The molecule has 1 amide bonds. The van der Waals surface area contributed by atoms with Gasteiger partial charge in [-0.3, -0.25) is 9.79 Å². The van der Waals surface area contributed by atoms with E-state index in [0.29, 0.717) is 5.75 Å². The van der Waals surface area contributed by atoms with Gasteiger partial charge in [-0.1, -0.05) is 12.1 Å². The van der Waals surface area contributed by atoms with Gasteiger partial charge in [0.05, 0.1) is 5.75 Å². The molecule has 15 heavy (non-hydrogen) atoms. The van der Waals surface area contributed by atoms with E-state index in [-0.39, 0.29) is 12.5 Å². The van der Waals surface area contributed by atoms with Gasteiger partial charge in [0, 0.05) is 9.37 Å². The molecule has 0 spiro atoms. The average molecular weight is 285 g/mol. The van der Waals surface area contributed by atoms with Crippen molar-refractivity contribution in [3.63, 3.8) is 0 Å². The Kier molecular flexibility index (Phi) is 3.43. The van der Waals surface area contributed by atoms with Crippen molar-refractivity contribution in [1.82, 2.24) is 5.32 Å². The summed E-state index contributed by atoms with van der Waals surface area (Å²) in [6, 6.07) is 7.99. The highest BCUT2D eigenvalue weighted by Crippen LogP contribution is 2.26. The molecule has 0 saturated carbocycles. The highest BCUT2D eigenvalue weighted by molar-refractivity contribution is 9.10. The number of amides is 1. The maximum atomic E-state index is 10.9. The lowest BCUT2D eigenvalue weighted by molar-refractivity contribution is -0.117. The molecule has 0 aliphatic carbocycles. The lowest BCUT2D eigenvalue weighted by Crippen LogP contribution is -2.25. The number of carbonyl (C=O) groups is 1. The molecular weight excluding hydrogens is 276 g/mol. The number of nitrogens with zero attached hydrogens (tertiary/aromatic N) is 1. The van der Waals surface area contributed by atoms with Crippen LogP contribution in [-0.4, -0.2) is 24.0 Å². The van der Waals surface area contributed by atoms with Gasteiger partial charge in [-0.15, -0.1) is 11.8 Å². The molecule has 1 aromatic rings. The van der Waals surface area contributed by atoms with Crippen LogP contribution in [0.25, 0.3) is 0 Å². The maximum absolute atomic E-state index is 10.9. The third-order valence-corrected chi connectivity index (χ3v) is 3.94. The number of thioether (sulfide) groups is 1. The minimum Gasteiger partial charge on any atom is -0.312 e. The summed E-state index contributed by atoms with van der Waals surface area (Å²) in [5.74, 6) is 1.45. The number of benzene rings is 1. The summed E-state index contributed by atoms with van der Waals surface area (Å²) in [5, 5.41) is 2.72. The number of amidine groups is 1. The molecule has 1 N–H and O–H groups in total. The van der Waals surface area contributed by atoms with Crippen LogP contribution in [-0.2, 0) is 4.79 Å². The van der Waals surface area contributed by atoms with E-state index in [1.165, 1.54) is 0 Å². The lowest BCUT2D eigenvalue weighted by atomic mass is 10.4. The average Bonchev–Trinajstić information content (AvgIpc) is 2.63. The Morgan fingerprint density at radius 3 is 2.93 bits per heavy atom. The van der Waals surface area contributed by atoms with Crippen molar-refractivity contribution < 1.29 is 4.79 Å². The molecule has 0 bridgehead atoms. The van der Waals surface area contributed by atoms with Gasteiger partial charge in [-0.05, 0) is 28.1 Å². The third kappa shape index (κ3) is 2.82. The molecule has 0 aromatic heterocycles. The number of halogens is 1. The molecule has 3 nitrogen and oxygen atoms in total. The molecule has 2 rings (SSSR count). The van der Waals surface area contributed by atoms with Crippen LogP contribution >= 0.6 is 27.7 Å². The third-order valence-electron chi connectivity index (χ3n) is 1.90. The summed E-state index contributed by atoms with van der Waals surface area (Å²) in [4.78, 5) is 16.1. The minimum absolute atomic E-state index is 0.0160. The Bertz CT molecular complexity index is 420. The van der Waals surface area contributed by atoms with Crippen molar-refractivity contribution in [2.45, 2.75) is 4.90 Å². The van der Waals surface area contributed by atoms with Gasteiger partial charge < -0.3 is 5.32 Å². The van der Waals surface area contributed by atoms with Crippen molar-refractivity contribution in [2.24, 2.45) is 4.99 Å². The summed E-state index contributed by atoms with van der Waals surface area (Å²) in [5.41, 5.74) is 0. The second-order valence-corrected chi connectivity index (χ2v) is 4.90. The molecule has 1 aliphatic rings. The molecule has 0 unspecified atom stereocenters. The van der Waals surface area contributed by atoms with E-state index in [2.05, 4.69) is 26.2 Å². The van der Waals surface area contributed by atoms with Crippen molar-refractivity contribution in [3.05, 3.63) is 28.7 Å². The van der Waals surface area contributed by atoms with Crippen LogP contribution < -0.4 is 5.32 Å². The molecule has 0 atom stereocenters. The van der Waals surface area contributed by atoms with Crippen LogP contribution in [0.2, 0.25) is 0 Å². The van der Waals surface area contributed by atoms with E-state index in [1.54, 1.807) is 11.8 Å². The summed E-state index contributed by atoms with van der Waals surface area (Å²) in [7, 11) is 0. The van der Waals surface area contributed by atoms with Crippen LogP contribution in [0.15, 0.2) is 38.6 Å². The zero-order valence-corrected chi connectivity index (χ0v) is 10.3.